The van der Waals surface area contributed by atoms with E-state index in [0.29, 0.717) is 6.42 Å². The van der Waals surface area contributed by atoms with E-state index in [1.165, 1.54) is 18.4 Å². The molecule has 0 unspecified atom stereocenters. The van der Waals surface area contributed by atoms with Crippen LogP contribution in [0.1, 0.15) is 32.1 Å². The van der Waals surface area contributed by atoms with Crippen molar-refractivity contribution in [2.75, 3.05) is 0 Å². The minimum absolute atomic E-state index is 0.542. The maximum absolute atomic E-state index is 9.91. The number of rotatable bonds is 2. The molecule has 0 saturated heterocycles. The van der Waals surface area contributed by atoms with Crippen molar-refractivity contribution in [2.24, 2.45) is 0 Å². The van der Waals surface area contributed by atoms with Crippen LogP contribution in [0.3, 0.4) is 0 Å². The molecule has 1 aliphatic rings. The Morgan fingerprint density at radius 1 is 1.56 bits per heavy atom. The first-order chi connectivity index (χ1) is 4.43. The molecular weight excluding hydrogens is 112 g/mol. The summed E-state index contributed by atoms with van der Waals surface area (Å²) >= 11 is 0. The van der Waals surface area contributed by atoms with Crippen LogP contribution in [0.2, 0.25) is 0 Å². The third-order valence-electron chi connectivity index (χ3n) is 1.68. The molecule has 1 nitrogen and oxygen atoms in total. The van der Waals surface area contributed by atoms with E-state index in [2.05, 4.69) is 6.08 Å². The van der Waals surface area contributed by atoms with E-state index < -0.39 is 0 Å². The van der Waals surface area contributed by atoms with Gasteiger partial charge in [0.1, 0.15) is 0 Å². The maximum Gasteiger partial charge on any atom is 0.202 e. The molecule has 0 atom stereocenters. The first-order valence-corrected chi connectivity index (χ1v) is 3.46. The van der Waals surface area contributed by atoms with Crippen molar-refractivity contribution < 1.29 is 4.79 Å². The summed E-state index contributed by atoms with van der Waals surface area (Å²) in [6.45, 7) is 0. The summed E-state index contributed by atoms with van der Waals surface area (Å²) in [7, 11) is 0. The van der Waals surface area contributed by atoms with E-state index >= 15 is 0 Å². The van der Waals surface area contributed by atoms with Gasteiger partial charge in [0.15, 0.2) is 0 Å². The van der Waals surface area contributed by atoms with Gasteiger partial charge >= 0.3 is 0 Å². The van der Waals surface area contributed by atoms with Crippen LogP contribution in [0.4, 0.5) is 0 Å². The van der Waals surface area contributed by atoms with Gasteiger partial charge in [-0.05, 0) is 25.7 Å². The first-order valence-electron chi connectivity index (χ1n) is 3.46. The highest BCUT2D eigenvalue weighted by atomic mass is 16.1. The third kappa shape index (κ3) is 2.00. The van der Waals surface area contributed by atoms with Gasteiger partial charge in [-0.2, -0.15) is 0 Å². The number of hydrogen-bond acceptors (Lipinski definition) is 1. The summed E-state index contributed by atoms with van der Waals surface area (Å²) in [6.07, 6.45) is 9.47. The number of allylic oxidation sites excluding steroid dienone is 2. The van der Waals surface area contributed by atoms with Gasteiger partial charge in [0, 0.05) is 6.42 Å². The van der Waals surface area contributed by atoms with Crippen LogP contribution in [0.15, 0.2) is 11.6 Å². The minimum atomic E-state index is 0.542. The van der Waals surface area contributed by atoms with E-state index in [-0.39, 0.29) is 0 Å². The number of carbonyl (C=O) groups excluding carboxylic acids is 1. The summed E-state index contributed by atoms with van der Waals surface area (Å²) < 4.78 is 0. The fourth-order valence-corrected chi connectivity index (χ4v) is 1.16. The molecule has 0 bridgehead atoms. The van der Waals surface area contributed by atoms with Crippen LogP contribution in [0.25, 0.3) is 0 Å². The highest BCUT2D eigenvalue weighted by Gasteiger charge is 2.01. The lowest BCUT2D eigenvalue weighted by Gasteiger charge is -2.08. The van der Waals surface area contributed by atoms with Gasteiger partial charge in [-0.3, -0.25) is 4.79 Å². The lowest BCUT2D eigenvalue weighted by molar-refractivity contribution is 0.552. The molecule has 1 heteroatoms. The predicted octanol–water partition coefficient (Wildman–Crippen LogP) is 1.99. The molecule has 1 radical (unpaired) electrons. The van der Waals surface area contributed by atoms with Crippen LogP contribution >= 0.6 is 0 Å². The van der Waals surface area contributed by atoms with Gasteiger partial charge in [-0.25, -0.2) is 0 Å². The molecule has 0 spiro atoms. The van der Waals surface area contributed by atoms with Gasteiger partial charge in [0.05, 0.1) is 0 Å². The molecule has 0 aliphatic heterocycles. The van der Waals surface area contributed by atoms with Crippen LogP contribution < -0.4 is 0 Å². The standard InChI is InChI=1S/C8H11O/c9-7-6-8-4-2-1-3-5-8/h4H,1-3,5-6H2. The lowest BCUT2D eigenvalue weighted by Crippen LogP contribution is -1.91. The third-order valence-corrected chi connectivity index (χ3v) is 1.68. The Labute approximate surface area is 55.8 Å². The van der Waals surface area contributed by atoms with E-state index in [4.69, 9.17) is 0 Å². The molecule has 1 aliphatic carbocycles. The van der Waals surface area contributed by atoms with Gasteiger partial charge in [0.25, 0.3) is 0 Å². The van der Waals surface area contributed by atoms with Gasteiger partial charge in [-0.15, -0.1) is 0 Å². The fraction of sp³-hybridized carbons (Fsp3) is 0.625. The zero-order valence-corrected chi connectivity index (χ0v) is 5.52. The molecule has 0 aromatic heterocycles. The van der Waals surface area contributed by atoms with Crippen LogP contribution in [0, 0.1) is 0 Å². The van der Waals surface area contributed by atoms with Crippen molar-refractivity contribution in [3.8, 4) is 0 Å². The molecule has 0 amide bonds. The van der Waals surface area contributed by atoms with E-state index in [1.807, 2.05) is 6.29 Å². The Bertz CT molecular complexity index is 125. The average Bonchev–Trinajstić information content (AvgIpc) is 1.91. The van der Waals surface area contributed by atoms with E-state index in [1.54, 1.807) is 0 Å². The SMILES string of the molecule is O=[C]CC1=CCCCC1. The molecule has 0 heterocycles. The molecule has 0 N–H and O–H groups in total. The average molecular weight is 123 g/mol. The monoisotopic (exact) mass is 123 g/mol. The van der Waals surface area contributed by atoms with Crippen LogP contribution in [-0.2, 0) is 4.79 Å². The molecule has 1 rings (SSSR count). The van der Waals surface area contributed by atoms with Gasteiger partial charge in [-0.1, -0.05) is 11.6 Å². The molecule has 49 valence electrons. The summed E-state index contributed by atoms with van der Waals surface area (Å²) in [5.74, 6) is 0. The maximum atomic E-state index is 9.91. The topological polar surface area (TPSA) is 17.1 Å². The highest BCUT2D eigenvalue weighted by Crippen LogP contribution is 2.18. The summed E-state index contributed by atoms with van der Waals surface area (Å²) in [5, 5.41) is 0. The van der Waals surface area contributed by atoms with Crippen LogP contribution in [0.5, 0.6) is 0 Å². The Morgan fingerprint density at radius 2 is 2.44 bits per heavy atom. The highest BCUT2D eigenvalue weighted by molar-refractivity contribution is 5.55. The van der Waals surface area contributed by atoms with Crippen LogP contribution in [-0.4, -0.2) is 6.29 Å². The molecule has 0 aromatic rings. The Hall–Kier alpha value is -0.590. The van der Waals surface area contributed by atoms with Crippen molar-refractivity contribution in [1.29, 1.82) is 0 Å². The lowest BCUT2D eigenvalue weighted by atomic mass is 9.98. The summed E-state index contributed by atoms with van der Waals surface area (Å²) in [4.78, 5) is 9.91. The molecule has 0 aromatic carbocycles. The van der Waals surface area contributed by atoms with E-state index in [9.17, 15) is 4.79 Å². The fourth-order valence-electron chi connectivity index (χ4n) is 1.16. The summed E-state index contributed by atoms with van der Waals surface area (Å²) in [5.41, 5.74) is 1.29. The molecule has 0 fully saturated rings. The van der Waals surface area contributed by atoms with E-state index in [0.717, 1.165) is 12.8 Å². The smallest absolute Gasteiger partial charge is 0.202 e. The predicted molar refractivity (Wildman–Crippen MR) is 36.9 cm³/mol. The van der Waals surface area contributed by atoms with Crippen molar-refractivity contribution in [3.05, 3.63) is 11.6 Å². The quantitative estimate of drug-likeness (QED) is 0.513. The first kappa shape index (κ1) is 6.53. The van der Waals surface area contributed by atoms with Crippen molar-refractivity contribution in [1.82, 2.24) is 0 Å². The second-order valence-corrected chi connectivity index (χ2v) is 2.43. The normalized spacial score (nSPS) is 18.9. The van der Waals surface area contributed by atoms with Crippen molar-refractivity contribution in [3.63, 3.8) is 0 Å². The Morgan fingerprint density at radius 3 is 3.00 bits per heavy atom. The van der Waals surface area contributed by atoms with Gasteiger partial charge < -0.3 is 0 Å². The zero-order chi connectivity index (χ0) is 6.53. The summed E-state index contributed by atoms with van der Waals surface area (Å²) in [6, 6.07) is 0. The molecular formula is C8H11O. The van der Waals surface area contributed by atoms with Crippen molar-refractivity contribution in [2.45, 2.75) is 32.1 Å². The second kappa shape index (κ2) is 3.44. The molecule has 9 heavy (non-hydrogen) atoms. The number of hydrogen-bond donors (Lipinski definition) is 0. The minimum Gasteiger partial charge on any atom is -0.291 e. The van der Waals surface area contributed by atoms with Crippen molar-refractivity contribution >= 4 is 6.29 Å². The Kier molecular flexibility index (Phi) is 2.49. The molecule has 0 saturated carbocycles. The van der Waals surface area contributed by atoms with Gasteiger partial charge in [0.2, 0.25) is 6.29 Å². The zero-order valence-electron chi connectivity index (χ0n) is 5.52. The Balaban J connectivity index is 2.36. The second-order valence-electron chi connectivity index (χ2n) is 2.43. The largest absolute Gasteiger partial charge is 0.291 e.